The molecule has 0 unspecified atom stereocenters. The molecule has 2 N–H and O–H groups in total. The standard InChI is InChI=1S/C14H19NO3/c1-2-18-14(17)12-9-11(3-4-13(12)16)10-5-7-15-8-6-10/h3-4,9-10,15-16H,2,5-8H2,1H3. The Hall–Kier alpha value is -1.55. The van der Waals surface area contributed by atoms with Crippen molar-refractivity contribution in [2.45, 2.75) is 25.7 Å². The Bertz CT molecular complexity index is 425. The molecule has 4 heteroatoms. The number of phenols is 1. The van der Waals surface area contributed by atoms with Gasteiger partial charge in [0, 0.05) is 0 Å². The number of ether oxygens (including phenoxy) is 1. The number of aromatic hydroxyl groups is 1. The van der Waals surface area contributed by atoms with Gasteiger partial charge >= 0.3 is 5.97 Å². The van der Waals surface area contributed by atoms with E-state index in [-0.39, 0.29) is 11.3 Å². The molecule has 1 aromatic rings. The fourth-order valence-corrected chi connectivity index (χ4v) is 2.34. The summed E-state index contributed by atoms with van der Waals surface area (Å²) in [6.45, 7) is 4.07. The molecule has 1 aromatic carbocycles. The first-order valence-corrected chi connectivity index (χ1v) is 6.43. The number of carbonyl (C=O) groups is 1. The lowest BCUT2D eigenvalue weighted by Gasteiger charge is -2.23. The Morgan fingerprint density at radius 2 is 2.17 bits per heavy atom. The molecule has 1 fully saturated rings. The number of piperidine rings is 1. The third-order valence-corrected chi connectivity index (χ3v) is 3.33. The third kappa shape index (κ3) is 2.82. The molecule has 1 heterocycles. The van der Waals surface area contributed by atoms with Gasteiger partial charge in [0.05, 0.1) is 6.61 Å². The lowest BCUT2D eigenvalue weighted by atomic mass is 9.89. The van der Waals surface area contributed by atoms with Gasteiger partial charge in [-0.15, -0.1) is 0 Å². The van der Waals surface area contributed by atoms with E-state index in [1.807, 2.05) is 6.07 Å². The molecular weight excluding hydrogens is 230 g/mol. The number of hydrogen-bond acceptors (Lipinski definition) is 4. The maximum atomic E-state index is 11.7. The topological polar surface area (TPSA) is 58.6 Å². The first-order valence-electron chi connectivity index (χ1n) is 6.43. The predicted octanol–water partition coefficient (Wildman–Crippen LogP) is 2.04. The summed E-state index contributed by atoms with van der Waals surface area (Å²) in [6.07, 6.45) is 2.13. The molecule has 0 aliphatic carbocycles. The Balaban J connectivity index is 2.22. The van der Waals surface area contributed by atoms with Gasteiger partial charge in [-0.1, -0.05) is 6.07 Å². The fourth-order valence-electron chi connectivity index (χ4n) is 2.34. The van der Waals surface area contributed by atoms with Crippen LogP contribution in [0, 0.1) is 0 Å². The summed E-state index contributed by atoms with van der Waals surface area (Å²) in [5, 5.41) is 13.0. The molecule has 0 radical (unpaired) electrons. The van der Waals surface area contributed by atoms with Crippen molar-refractivity contribution in [1.29, 1.82) is 0 Å². The second-order valence-corrected chi connectivity index (χ2v) is 4.52. The summed E-state index contributed by atoms with van der Waals surface area (Å²) in [7, 11) is 0. The number of rotatable bonds is 3. The molecule has 0 saturated carbocycles. The van der Waals surface area contributed by atoms with Crippen LogP contribution in [-0.2, 0) is 4.74 Å². The summed E-state index contributed by atoms with van der Waals surface area (Å²) in [5.41, 5.74) is 1.38. The number of nitrogens with one attached hydrogen (secondary N) is 1. The molecule has 0 spiro atoms. The molecule has 0 bridgehead atoms. The van der Waals surface area contributed by atoms with Gasteiger partial charge in [-0.2, -0.15) is 0 Å². The number of hydrogen-bond donors (Lipinski definition) is 2. The molecular formula is C14H19NO3. The van der Waals surface area contributed by atoms with Crippen LogP contribution >= 0.6 is 0 Å². The van der Waals surface area contributed by atoms with Crippen molar-refractivity contribution < 1.29 is 14.6 Å². The third-order valence-electron chi connectivity index (χ3n) is 3.33. The lowest BCUT2D eigenvalue weighted by Crippen LogP contribution is -2.26. The van der Waals surface area contributed by atoms with Gasteiger partial charge in [0.25, 0.3) is 0 Å². The number of carbonyl (C=O) groups excluding carboxylic acids is 1. The van der Waals surface area contributed by atoms with Gasteiger partial charge < -0.3 is 15.2 Å². The van der Waals surface area contributed by atoms with Crippen LogP contribution in [0.5, 0.6) is 5.75 Å². The normalized spacial score (nSPS) is 16.5. The van der Waals surface area contributed by atoms with Crippen LogP contribution in [0.2, 0.25) is 0 Å². The van der Waals surface area contributed by atoms with E-state index in [1.54, 1.807) is 19.1 Å². The van der Waals surface area contributed by atoms with Crippen molar-refractivity contribution in [3.63, 3.8) is 0 Å². The van der Waals surface area contributed by atoms with Crippen molar-refractivity contribution >= 4 is 5.97 Å². The average molecular weight is 249 g/mol. The molecule has 1 aliphatic heterocycles. The van der Waals surface area contributed by atoms with E-state index in [2.05, 4.69) is 5.32 Å². The van der Waals surface area contributed by atoms with E-state index in [0.717, 1.165) is 31.5 Å². The largest absolute Gasteiger partial charge is 0.507 e. The molecule has 0 aromatic heterocycles. The van der Waals surface area contributed by atoms with Crippen molar-refractivity contribution in [3.8, 4) is 5.75 Å². The first-order chi connectivity index (χ1) is 8.72. The zero-order valence-corrected chi connectivity index (χ0v) is 10.6. The fraction of sp³-hybridized carbons (Fsp3) is 0.500. The average Bonchev–Trinajstić information content (AvgIpc) is 2.40. The number of benzene rings is 1. The predicted molar refractivity (Wildman–Crippen MR) is 68.9 cm³/mol. The molecule has 18 heavy (non-hydrogen) atoms. The minimum absolute atomic E-state index is 0.00821. The monoisotopic (exact) mass is 249 g/mol. The first kappa shape index (κ1) is 12.9. The van der Waals surface area contributed by atoms with E-state index in [9.17, 15) is 9.90 Å². The Kier molecular flexibility index (Phi) is 4.20. The lowest BCUT2D eigenvalue weighted by molar-refractivity contribution is 0.0523. The summed E-state index contributed by atoms with van der Waals surface area (Å²) in [4.78, 5) is 11.7. The minimum Gasteiger partial charge on any atom is -0.507 e. The molecule has 2 rings (SSSR count). The van der Waals surface area contributed by atoms with Crippen LogP contribution in [0.3, 0.4) is 0 Å². The smallest absolute Gasteiger partial charge is 0.341 e. The van der Waals surface area contributed by atoms with Gasteiger partial charge in [0.1, 0.15) is 11.3 Å². The van der Waals surface area contributed by atoms with Crippen molar-refractivity contribution in [1.82, 2.24) is 5.32 Å². The highest BCUT2D eigenvalue weighted by Crippen LogP contribution is 2.29. The zero-order chi connectivity index (χ0) is 13.0. The maximum absolute atomic E-state index is 11.7. The molecule has 1 aliphatic rings. The summed E-state index contributed by atoms with van der Waals surface area (Å²) in [6, 6.07) is 5.25. The van der Waals surface area contributed by atoms with Gasteiger partial charge in [0.15, 0.2) is 0 Å². The van der Waals surface area contributed by atoms with E-state index >= 15 is 0 Å². The molecule has 1 saturated heterocycles. The van der Waals surface area contributed by atoms with Gasteiger partial charge in [0.2, 0.25) is 0 Å². The van der Waals surface area contributed by atoms with Crippen LogP contribution in [0.4, 0.5) is 0 Å². The van der Waals surface area contributed by atoms with Gasteiger partial charge in [-0.05, 0) is 56.5 Å². The van der Waals surface area contributed by atoms with Crippen LogP contribution in [0.1, 0.15) is 41.6 Å². The van der Waals surface area contributed by atoms with Gasteiger partial charge in [-0.3, -0.25) is 0 Å². The number of esters is 1. The van der Waals surface area contributed by atoms with Crippen LogP contribution in [0.15, 0.2) is 18.2 Å². The van der Waals surface area contributed by atoms with Crippen molar-refractivity contribution in [3.05, 3.63) is 29.3 Å². The number of phenolic OH excluding ortho intramolecular Hbond substituents is 1. The summed E-state index contributed by atoms with van der Waals surface area (Å²) >= 11 is 0. The summed E-state index contributed by atoms with van der Waals surface area (Å²) in [5.74, 6) is -0.00283. The van der Waals surface area contributed by atoms with Crippen molar-refractivity contribution in [2.24, 2.45) is 0 Å². The SMILES string of the molecule is CCOC(=O)c1cc(C2CCNCC2)ccc1O. The molecule has 0 atom stereocenters. The molecule has 4 nitrogen and oxygen atoms in total. The Morgan fingerprint density at radius 3 is 2.83 bits per heavy atom. The van der Waals surface area contributed by atoms with E-state index < -0.39 is 5.97 Å². The molecule has 0 amide bonds. The second-order valence-electron chi connectivity index (χ2n) is 4.52. The molecule has 98 valence electrons. The minimum atomic E-state index is -0.453. The second kappa shape index (κ2) is 5.87. The highest BCUT2D eigenvalue weighted by Gasteiger charge is 2.19. The summed E-state index contributed by atoms with van der Waals surface area (Å²) < 4.78 is 4.94. The van der Waals surface area contributed by atoms with E-state index in [4.69, 9.17) is 4.74 Å². The zero-order valence-electron chi connectivity index (χ0n) is 10.6. The Labute approximate surface area is 107 Å². The van der Waals surface area contributed by atoms with E-state index in [0.29, 0.717) is 12.5 Å². The van der Waals surface area contributed by atoms with Crippen LogP contribution in [-0.4, -0.2) is 30.8 Å². The van der Waals surface area contributed by atoms with Crippen LogP contribution in [0.25, 0.3) is 0 Å². The Morgan fingerprint density at radius 1 is 1.44 bits per heavy atom. The maximum Gasteiger partial charge on any atom is 0.341 e. The van der Waals surface area contributed by atoms with Gasteiger partial charge in [-0.25, -0.2) is 4.79 Å². The quantitative estimate of drug-likeness (QED) is 0.805. The highest BCUT2D eigenvalue weighted by molar-refractivity contribution is 5.92. The van der Waals surface area contributed by atoms with E-state index in [1.165, 1.54) is 0 Å². The highest BCUT2D eigenvalue weighted by atomic mass is 16.5. The van der Waals surface area contributed by atoms with Crippen molar-refractivity contribution in [2.75, 3.05) is 19.7 Å². The van der Waals surface area contributed by atoms with Crippen LogP contribution < -0.4 is 5.32 Å².